The van der Waals surface area contributed by atoms with Crippen LogP contribution in [0.15, 0.2) is 11.2 Å². The summed E-state index contributed by atoms with van der Waals surface area (Å²) in [6.07, 6.45) is 5.61. The van der Waals surface area contributed by atoms with Crippen LogP contribution in [0.25, 0.3) is 0 Å². The number of fused-ring (bicyclic) bond motifs is 1. The fraction of sp³-hybridized carbons (Fsp3) is 0.750. The van der Waals surface area contributed by atoms with Gasteiger partial charge in [0.25, 0.3) is 10.0 Å². The number of imidazole rings is 1. The second-order valence-corrected chi connectivity index (χ2v) is 7.28. The third-order valence-electron chi connectivity index (χ3n) is 4.07. The van der Waals surface area contributed by atoms with Gasteiger partial charge in [0.05, 0.1) is 0 Å². The van der Waals surface area contributed by atoms with E-state index < -0.39 is 10.0 Å². The monoisotopic (exact) mass is 320 g/mol. The molecule has 1 aromatic heterocycles. The topological polar surface area (TPSA) is 81.2 Å². The first-order valence-corrected chi connectivity index (χ1v) is 8.31. The van der Waals surface area contributed by atoms with Crippen molar-refractivity contribution in [2.75, 3.05) is 19.6 Å². The fourth-order valence-electron chi connectivity index (χ4n) is 2.85. The van der Waals surface area contributed by atoms with E-state index in [1.54, 1.807) is 6.20 Å². The molecular weight excluding hydrogens is 300 g/mol. The molecule has 1 saturated heterocycles. The summed E-state index contributed by atoms with van der Waals surface area (Å²) in [6, 6.07) is 0. The van der Waals surface area contributed by atoms with E-state index in [9.17, 15) is 8.42 Å². The molecule has 1 unspecified atom stereocenters. The minimum absolute atomic E-state index is 0. The highest BCUT2D eigenvalue weighted by Crippen LogP contribution is 2.25. The summed E-state index contributed by atoms with van der Waals surface area (Å²) in [4.78, 5) is 4.32. The third kappa shape index (κ3) is 2.72. The second-order valence-electron chi connectivity index (χ2n) is 5.40. The van der Waals surface area contributed by atoms with Gasteiger partial charge in [-0.2, -0.15) is 4.31 Å². The molecule has 0 saturated carbocycles. The van der Waals surface area contributed by atoms with Gasteiger partial charge in [-0.3, -0.25) is 0 Å². The Kier molecular flexibility index (Phi) is 4.73. The summed E-state index contributed by atoms with van der Waals surface area (Å²) in [5.41, 5.74) is 5.62. The zero-order valence-corrected chi connectivity index (χ0v) is 13.0. The van der Waals surface area contributed by atoms with Crippen molar-refractivity contribution in [3.63, 3.8) is 0 Å². The molecule has 0 bridgehead atoms. The van der Waals surface area contributed by atoms with E-state index in [0.717, 1.165) is 38.1 Å². The van der Waals surface area contributed by atoms with Crippen LogP contribution in [0, 0.1) is 5.92 Å². The molecule has 3 heterocycles. The predicted molar refractivity (Wildman–Crippen MR) is 78.3 cm³/mol. The molecule has 1 fully saturated rings. The van der Waals surface area contributed by atoms with Crippen LogP contribution in [-0.4, -0.2) is 41.9 Å². The van der Waals surface area contributed by atoms with Gasteiger partial charge in [0.15, 0.2) is 5.03 Å². The van der Waals surface area contributed by atoms with Crippen molar-refractivity contribution >= 4 is 22.4 Å². The van der Waals surface area contributed by atoms with Gasteiger partial charge in [0, 0.05) is 32.3 Å². The molecule has 0 radical (unpaired) electrons. The van der Waals surface area contributed by atoms with Crippen LogP contribution in [0.3, 0.4) is 0 Å². The number of hydrogen-bond acceptors (Lipinski definition) is 4. The first kappa shape index (κ1) is 15.8. The third-order valence-corrected chi connectivity index (χ3v) is 5.81. The highest BCUT2D eigenvalue weighted by molar-refractivity contribution is 7.89. The van der Waals surface area contributed by atoms with Gasteiger partial charge in [-0.05, 0) is 31.7 Å². The molecule has 0 spiro atoms. The van der Waals surface area contributed by atoms with E-state index in [2.05, 4.69) is 4.98 Å². The summed E-state index contributed by atoms with van der Waals surface area (Å²) in [7, 11) is -3.43. The molecule has 2 aliphatic heterocycles. The first-order chi connectivity index (χ1) is 9.11. The lowest BCUT2D eigenvalue weighted by molar-refractivity contribution is 0.457. The fourth-order valence-corrected chi connectivity index (χ4v) is 4.35. The van der Waals surface area contributed by atoms with Gasteiger partial charge in [-0.1, -0.05) is 0 Å². The highest BCUT2D eigenvalue weighted by Gasteiger charge is 2.34. The Labute approximate surface area is 125 Å². The highest BCUT2D eigenvalue weighted by atomic mass is 35.5. The molecule has 1 atom stereocenters. The van der Waals surface area contributed by atoms with Crippen molar-refractivity contribution in [2.24, 2.45) is 11.7 Å². The van der Waals surface area contributed by atoms with Gasteiger partial charge >= 0.3 is 0 Å². The average molecular weight is 321 g/mol. The summed E-state index contributed by atoms with van der Waals surface area (Å²) in [5.74, 6) is 1.19. The van der Waals surface area contributed by atoms with E-state index in [-0.39, 0.29) is 23.4 Å². The Hall–Kier alpha value is -0.630. The van der Waals surface area contributed by atoms with Crippen LogP contribution in [-0.2, 0) is 23.0 Å². The molecule has 2 aliphatic rings. The maximum absolute atomic E-state index is 12.5. The molecule has 0 aromatic carbocycles. The number of halogens is 1. The van der Waals surface area contributed by atoms with E-state index in [1.807, 2.05) is 4.57 Å². The lowest BCUT2D eigenvalue weighted by Crippen LogP contribution is -2.30. The second kappa shape index (κ2) is 6.01. The number of nitrogens with two attached hydrogens (primary N) is 1. The van der Waals surface area contributed by atoms with Crippen LogP contribution in [0.2, 0.25) is 0 Å². The maximum Gasteiger partial charge on any atom is 0.262 e. The van der Waals surface area contributed by atoms with Crippen molar-refractivity contribution in [3.05, 3.63) is 12.0 Å². The van der Waals surface area contributed by atoms with Crippen molar-refractivity contribution in [2.45, 2.75) is 37.3 Å². The molecule has 3 rings (SSSR count). The largest absolute Gasteiger partial charge is 0.333 e. The Bertz CT molecular complexity index is 549. The van der Waals surface area contributed by atoms with E-state index >= 15 is 0 Å². The van der Waals surface area contributed by atoms with Gasteiger partial charge in [-0.25, -0.2) is 13.4 Å². The summed E-state index contributed by atoms with van der Waals surface area (Å²) < 4.78 is 28.6. The molecule has 6 nitrogen and oxygen atoms in total. The molecule has 114 valence electrons. The number of nitrogens with zero attached hydrogens (tertiary/aromatic N) is 3. The minimum Gasteiger partial charge on any atom is -0.333 e. The Balaban J connectivity index is 0.00000147. The first-order valence-electron chi connectivity index (χ1n) is 6.87. The van der Waals surface area contributed by atoms with Crippen LogP contribution < -0.4 is 5.73 Å². The van der Waals surface area contributed by atoms with E-state index in [1.165, 1.54) is 4.31 Å². The van der Waals surface area contributed by atoms with Crippen LogP contribution in [0.1, 0.15) is 25.1 Å². The maximum atomic E-state index is 12.5. The van der Waals surface area contributed by atoms with Crippen molar-refractivity contribution < 1.29 is 8.42 Å². The number of hydrogen-bond donors (Lipinski definition) is 1. The number of aryl methyl sites for hydroxylation is 2. The van der Waals surface area contributed by atoms with Gasteiger partial charge in [0.2, 0.25) is 0 Å². The molecule has 1 aromatic rings. The zero-order valence-electron chi connectivity index (χ0n) is 11.4. The summed E-state index contributed by atoms with van der Waals surface area (Å²) in [6.45, 7) is 2.52. The number of sulfonamides is 1. The normalized spacial score (nSPS) is 23.4. The van der Waals surface area contributed by atoms with Crippen molar-refractivity contribution in [1.29, 1.82) is 0 Å². The number of rotatable bonds is 3. The molecule has 0 amide bonds. The summed E-state index contributed by atoms with van der Waals surface area (Å²) in [5, 5.41) is 0.210. The van der Waals surface area contributed by atoms with Gasteiger partial charge in [-0.15, -0.1) is 12.4 Å². The Morgan fingerprint density at radius 1 is 1.35 bits per heavy atom. The van der Waals surface area contributed by atoms with E-state index in [0.29, 0.717) is 19.6 Å². The van der Waals surface area contributed by atoms with Crippen LogP contribution in [0.4, 0.5) is 0 Å². The molecule has 0 aliphatic carbocycles. The molecule has 20 heavy (non-hydrogen) atoms. The number of aromatic nitrogens is 2. The summed E-state index contributed by atoms with van der Waals surface area (Å²) >= 11 is 0. The lowest BCUT2D eigenvalue weighted by atomic mass is 10.1. The van der Waals surface area contributed by atoms with Gasteiger partial charge < -0.3 is 10.3 Å². The van der Waals surface area contributed by atoms with Crippen molar-refractivity contribution in [1.82, 2.24) is 13.9 Å². The van der Waals surface area contributed by atoms with Crippen molar-refractivity contribution in [3.8, 4) is 0 Å². The van der Waals surface area contributed by atoms with Crippen LogP contribution >= 0.6 is 12.4 Å². The predicted octanol–water partition coefficient (Wildman–Crippen LogP) is 0.610. The Morgan fingerprint density at radius 2 is 2.15 bits per heavy atom. The standard InChI is InChI=1S/C12H20N4O2S.ClH/c13-7-10-4-6-16(8-10)19(17,18)12-9-15-5-2-1-3-11(15)14-12;/h9-10H,1-8,13H2;1H. The SMILES string of the molecule is Cl.NCC1CCN(S(=O)(=O)c2cn3c(n2)CCCC3)C1. The molecule has 8 heteroatoms. The quantitative estimate of drug-likeness (QED) is 0.884. The lowest BCUT2D eigenvalue weighted by Gasteiger charge is -2.14. The van der Waals surface area contributed by atoms with Gasteiger partial charge in [0.1, 0.15) is 5.82 Å². The molecular formula is C12H21ClN4O2S. The van der Waals surface area contributed by atoms with E-state index in [4.69, 9.17) is 5.73 Å². The average Bonchev–Trinajstić information content (AvgIpc) is 3.05. The minimum atomic E-state index is -3.43. The van der Waals surface area contributed by atoms with Crippen LogP contribution in [0.5, 0.6) is 0 Å². The molecule has 2 N–H and O–H groups in total. The zero-order chi connectivity index (χ0) is 13.5. The smallest absolute Gasteiger partial charge is 0.262 e. The Morgan fingerprint density at radius 3 is 2.80 bits per heavy atom.